The summed E-state index contributed by atoms with van der Waals surface area (Å²) in [4.78, 5) is 21.8. The highest BCUT2D eigenvalue weighted by Crippen LogP contribution is 2.17. The van der Waals surface area contributed by atoms with E-state index in [9.17, 15) is 4.79 Å². The minimum Gasteiger partial charge on any atom is -0.464 e. The molecular weight excluding hydrogens is 232 g/mol. The molecule has 2 rings (SSSR count). The molecule has 1 fully saturated rings. The van der Waals surface area contributed by atoms with Gasteiger partial charge in [-0.25, -0.2) is 9.78 Å². The molecule has 18 heavy (non-hydrogen) atoms. The van der Waals surface area contributed by atoms with Gasteiger partial charge in [0.25, 0.3) is 0 Å². The van der Waals surface area contributed by atoms with E-state index in [2.05, 4.69) is 24.9 Å². The largest absolute Gasteiger partial charge is 0.464 e. The summed E-state index contributed by atoms with van der Waals surface area (Å²) < 4.78 is 4.65. The topological polar surface area (TPSA) is 67.3 Å². The number of esters is 1. The van der Waals surface area contributed by atoms with Gasteiger partial charge in [0, 0.05) is 13.1 Å². The molecule has 0 atom stereocenters. The summed E-state index contributed by atoms with van der Waals surface area (Å²) in [6, 6.07) is 0.438. The Labute approximate surface area is 106 Å². The molecule has 0 radical (unpaired) electrons. The Bertz CT molecular complexity index is 418. The molecule has 0 aromatic carbocycles. The summed E-state index contributed by atoms with van der Waals surface area (Å²) in [6.45, 7) is 2.03. The monoisotopic (exact) mass is 250 g/mol. The van der Waals surface area contributed by atoms with E-state index in [0.717, 1.165) is 25.9 Å². The second-order valence-electron chi connectivity index (χ2n) is 4.35. The predicted molar refractivity (Wildman–Crippen MR) is 67.7 cm³/mol. The van der Waals surface area contributed by atoms with Crippen molar-refractivity contribution in [3.63, 3.8) is 0 Å². The number of carbonyl (C=O) groups excluding carboxylic acids is 1. The van der Waals surface area contributed by atoms with Crippen molar-refractivity contribution in [1.29, 1.82) is 0 Å². The van der Waals surface area contributed by atoms with E-state index in [1.165, 1.54) is 13.3 Å². The van der Waals surface area contributed by atoms with Gasteiger partial charge in [-0.05, 0) is 25.9 Å². The molecule has 0 bridgehead atoms. The van der Waals surface area contributed by atoms with Gasteiger partial charge in [0.1, 0.15) is 5.82 Å². The van der Waals surface area contributed by atoms with Crippen molar-refractivity contribution in [2.45, 2.75) is 18.9 Å². The van der Waals surface area contributed by atoms with Crippen molar-refractivity contribution >= 4 is 11.8 Å². The maximum Gasteiger partial charge on any atom is 0.358 e. The number of ether oxygens (including phenoxy) is 1. The summed E-state index contributed by atoms with van der Waals surface area (Å²) >= 11 is 0. The first-order chi connectivity index (χ1) is 8.72. The summed E-state index contributed by atoms with van der Waals surface area (Å²) in [5, 5.41) is 3.32. The minimum atomic E-state index is -0.455. The lowest BCUT2D eigenvalue weighted by atomic mass is 10.1. The van der Waals surface area contributed by atoms with Gasteiger partial charge in [0.15, 0.2) is 5.69 Å². The standard InChI is InChI=1S/C12H18N4O2/c1-16(9-3-5-13-6-4-9)11-8-14-7-10(15-11)12(17)18-2/h7-9,13H,3-6H2,1-2H3. The quantitative estimate of drug-likeness (QED) is 0.786. The lowest BCUT2D eigenvalue weighted by Crippen LogP contribution is -2.41. The van der Waals surface area contributed by atoms with Crippen molar-refractivity contribution in [2.24, 2.45) is 0 Å². The Morgan fingerprint density at radius 3 is 2.83 bits per heavy atom. The summed E-state index contributed by atoms with van der Waals surface area (Å²) in [5.74, 6) is 0.257. The fourth-order valence-corrected chi connectivity index (χ4v) is 2.11. The second kappa shape index (κ2) is 5.77. The van der Waals surface area contributed by atoms with Crippen LogP contribution < -0.4 is 10.2 Å². The van der Waals surface area contributed by atoms with Crippen LogP contribution in [0.25, 0.3) is 0 Å². The lowest BCUT2D eigenvalue weighted by molar-refractivity contribution is 0.0593. The highest BCUT2D eigenvalue weighted by molar-refractivity contribution is 5.87. The van der Waals surface area contributed by atoms with E-state index in [1.54, 1.807) is 6.20 Å². The normalized spacial score (nSPS) is 16.3. The molecule has 1 N–H and O–H groups in total. The molecular formula is C12H18N4O2. The second-order valence-corrected chi connectivity index (χ2v) is 4.35. The van der Waals surface area contributed by atoms with Gasteiger partial charge in [-0.15, -0.1) is 0 Å². The van der Waals surface area contributed by atoms with Gasteiger partial charge < -0.3 is 15.0 Å². The van der Waals surface area contributed by atoms with Crippen molar-refractivity contribution < 1.29 is 9.53 Å². The average Bonchev–Trinajstić information content (AvgIpc) is 2.46. The van der Waals surface area contributed by atoms with E-state index in [-0.39, 0.29) is 5.69 Å². The van der Waals surface area contributed by atoms with Crippen LogP contribution in [0.3, 0.4) is 0 Å². The number of hydrogen-bond donors (Lipinski definition) is 1. The van der Waals surface area contributed by atoms with Crippen molar-refractivity contribution in [1.82, 2.24) is 15.3 Å². The molecule has 1 aliphatic rings. The van der Waals surface area contributed by atoms with Crippen LogP contribution in [0.1, 0.15) is 23.3 Å². The average molecular weight is 250 g/mol. The number of anilines is 1. The first kappa shape index (κ1) is 12.8. The molecule has 6 nitrogen and oxygen atoms in total. The van der Waals surface area contributed by atoms with Gasteiger partial charge in [-0.2, -0.15) is 0 Å². The number of rotatable bonds is 3. The predicted octanol–water partition coefficient (Wildman–Crippen LogP) is 0.451. The zero-order valence-electron chi connectivity index (χ0n) is 10.7. The minimum absolute atomic E-state index is 0.246. The molecule has 98 valence electrons. The Kier molecular flexibility index (Phi) is 4.09. The van der Waals surface area contributed by atoms with Gasteiger partial charge in [-0.3, -0.25) is 4.98 Å². The molecule has 0 unspecified atom stereocenters. The number of nitrogens with one attached hydrogen (secondary N) is 1. The van der Waals surface area contributed by atoms with Crippen LogP contribution in [0.5, 0.6) is 0 Å². The van der Waals surface area contributed by atoms with Crippen LogP contribution in [0.2, 0.25) is 0 Å². The van der Waals surface area contributed by atoms with Crippen LogP contribution in [0.15, 0.2) is 12.4 Å². The highest BCUT2D eigenvalue weighted by atomic mass is 16.5. The molecule has 0 aliphatic carbocycles. The number of carbonyl (C=O) groups is 1. The molecule has 0 amide bonds. The maximum atomic E-state index is 11.4. The van der Waals surface area contributed by atoms with Crippen LogP contribution in [0, 0.1) is 0 Å². The third-order valence-corrected chi connectivity index (χ3v) is 3.23. The molecule has 1 aromatic rings. The summed E-state index contributed by atoms with van der Waals surface area (Å²) in [7, 11) is 3.33. The third kappa shape index (κ3) is 2.76. The first-order valence-electron chi connectivity index (χ1n) is 6.06. The maximum absolute atomic E-state index is 11.4. The Balaban J connectivity index is 2.14. The number of nitrogens with zero attached hydrogens (tertiary/aromatic N) is 3. The molecule has 6 heteroatoms. The number of methoxy groups -OCH3 is 1. The summed E-state index contributed by atoms with van der Waals surface area (Å²) in [5.41, 5.74) is 0.246. The molecule has 0 saturated carbocycles. The van der Waals surface area contributed by atoms with Crippen LogP contribution in [0.4, 0.5) is 5.82 Å². The van der Waals surface area contributed by atoms with Gasteiger partial charge in [0.2, 0.25) is 0 Å². The van der Waals surface area contributed by atoms with E-state index >= 15 is 0 Å². The SMILES string of the molecule is COC(=O)c1cncc(N(C)C2CCNCC2)n1. The van der Waals surface area contributed by atoms with Gasteiger partial charge >= 0.3 is 5.97 Å². The zero-order chi connectivity index (χ0) is 13.0. The van der Waals surface area contributed by atoms with Crippen LogP contribution in [-0.2, 0) is 4.74 Å². The number of hydrogen-bond acceptors (Lipinski definition) is 6. The van der Waals surface area contributed by atoms with Crippen molar-refractivity contribution in [3.8, 4) is 0 Å². The molecule has 0 spiro atoms. The fourth-order valence-electron chi connectivity index (χ4n) is 2.11. The van der Waals surface area contributed by atoms with E-state index in [1.807, 2.05) is 7.05 Å². The Hall–Kier alpha value is -1.69. The number of aromatic nitrogens is 2. The third-order valence-electron chi connectivity index (χ3n) is 3.23. The fraction of sp³-hybridized carbons (Fsp3) is 0.583. The van der Waals surface area contributed by atoms with Crippen molar-refractivity contribution in [3.05, 3.63) is 18.1 Å². The van der Waals surface area contributed by atoms with Crippen LogP contribution in [-0.4, -0.2) is 49.2 Å². The Morgan fingerprint density at radius 1 is 1.44 bits per heavy atom. The number of piperidine rings is 1. The first-order valence-corrected chi connectivity index (χ1v) is 6.06. The molecule has 1 aliphatic heterocycles. The Morgan fingerprint density at radius 2 is 2.17 bits per heavy atom. The zero-order valence-corrected chi connectivity index (χ0v) is 10.7. The van der Waals surface area contributed by atoms with E-state index in [4.69, 9.17) is 0 Å². The van der Waals surface area contributed by atoms with E-state index in [0.29, 0.717) is 11.9 Å². The smallest absolute Gasteiger partial charge is 0.358 e. The van der Waals surface area contributed by atoms with Crippen LogP contribution >= 0.6 is 0 Å². The highest BCUT2D eigenvalue weighted by Gasteiger charge is 2.20. The molecule has 2 heterocycles. The summed E-state index contributed by atoms with van der Waals surface area (Å²) in [6.07, 6.45) is 5.24. The van der Waals surface area contributed by atoms with Gasteiger partial charge in [-0.1, -0.05) is 0 Å². The molecule has 1 aromatic heterocycles. The van der Waals surface area contributed by atoms with Gasteiger partial charge in [0.05, 0.1) is 19.5 Å². The lowest BCUT2D eigenvalue weighted by Gasteiger charge is -2.32. The van der Waals surface area contributed by atoms with E-state index < -0.39 is 5.97 Å². The van der Waals surface area contributed by atoms with Crippen molar-refractivity contribution in [2.75, 3.05) is 32.1 Å². The molecule has 1 saturated heterocycles.